The highest BCUT2D eigenvalue weighted by molar-refractivity contribution is 7.80. The third-order valence-electron chi connectivity index (χ3n) is 3.77. The van der Waals surface area contributed by atoms with Crippen LogP contribution >= 0.6 is 12.6 Å². The highest BCUT2D eigenvalue weighted by atomic mass is 32.1. The van der Waals surface area contributed by atoms with Gasteiger partial charge < -0.3 is 9.47 Å². The van der Waals surface area contributed by atoms with Gasteiger partial charge in [-0.25, -0.2) is 0 Å². The standard InChI is InChI=1S/C19H24O2S/c1-5-21-17-8-6-15(7-9-17)11-16-12-18(14(3)22)19(20-4)10-13(16)2/h6-10,12,14,22H,5,11H2,1-4H3. The van der Waals surface area contributed by atoms with Crippen LogP contribution in [0, 0.1) is 6.92 Å². The van der Waals surface area contributed by atoms with Gasteiger partial charge in [0.1, 0.15) is 11.5 Å². The molecular weight excluding hydrogens is 292 g/mol. The van der Waals surface area contributed by atoms with Crippen molar-refractivity contribution >= 4 is 12.6 Å². The van der Waals surface area contributed by atoms with Gasteiger partial charge in [-0.1, -0.05) is 18.2 Å². The first-order valence-electron chi connectivity index (χ1n) is 7.62. The van der Waals surface area contributed by atoms with Crippen molar-refractivity contribution in [3.8, 4) is 11.5 Å². The average molecular weight is 316 g/mol. The Balaban J connectivity index is 2.26. The molecule has 2 rings (SSSR count). The van der Waals surface area contributed by atoms with E-state index in [0.29, 0.717) is 6.61 Å². The molecule has 0 aromatic heterocycles. The fourth-order valence-corrected chi connectivity index (χ4v) is 2.73. The summed E-state index contributed by atoms with van der Waals surface area (Å²) < 4.78 is 11.0. The quantitative estimate of drug-likeness (QED) is 0.757. The molecule has 0 aliphatic rings. The number of hydrogen-bond donors (Lipinski definition) is 1. The van der Waals surface area contributed by atoms with Crippen LogP contribution in [0.3, 0.4) is 0 Å². The first-order chi connectivity index (χ1) is 10.5. The largest absolute Gasteiger partial charge is 0.496 e. The number of hydrogen-bond acceptors (Lipinski definition) is 3. The van der Waals surface area contributed by atoms with E-state index in [1.165, 1.54) is 16.7 Å². The minimum Gasteiger partial charge on any atom is -0.496 e. The van der Waals surface area contributed by atoms with Crippen LogP contribution < -0.4 is 9.47 Å². The molecular formula is C19H24O2S. The van der Waals surface area contributed by atoms with Crippen LogP contribution in [0.1, 0.15) is 41.4 Å². The summed E-state index contributed by atoms with van der Waals surface area (Å²) in [5.41, 5.74) is 4.95. The van der Waals surface area contributed by atoms with Gasteiger partial charge in [-0.3, -0.25) is 0 Å². The van der Waals surface area contributed by atoms with Gasteiger partial charge in [0, 0.05) is 10.8 Å². The Morgan fingerprint density at radius 1 is 1.14 bits per heavy atom. The number of rotatable bonds is 6. The molecule has 0 heterocycles. The summed E-state index contributed by atoms with van der Waals surface area (Å²) in [5, 5.41) is 0.148. The summed E-state index contributed by atoms with van der Waals surface area (Å²) >= 11 is 4.56. The van der Waals surface area contributed by atoms with Gasteiger partial charge in [-0.15, -0.1) is 0 Å². The lowest BCUT2D eigenvalue weighted by molar-refractivity contribution is 0.340. The van der Waals surface area contributed by atoms with Gasteiger partial charge in [-0.05, 0) is 62.1 Å². The van der Waals surface area contributed by atoms with Crippen molar-refractivity contribution in [3.05, 3.63) is 58.7 Å². The van der Waals surface area contributed by atoms with Crippen LogP contribution in [0.15, 0.2) is 36.4 Å². The predicted octanol–water partition coefficient (Wildman–Crippen LogP) is 4.98. The molecule has 0 aliphatic carbocycles. The average Bonchev–Trinajstić information content (AvgIpc) is 2.50. The summed E-state index contributed by atoms with van der Waals surface area (Å²) in [7, 11) is 1.71. The second-order valence-corrected chi connectivity index (χ2v) is 6.22. The van der Waals surface area contributed by atoms with E-state index in [9.17, 15) is 0 Å². The first kappa shape index (κ1) is 16.8. The third kappa shape index (κ3) is 3.98. The van der Waals surface area contributed by atoms with Gasteiger partial charge in [0.2, 0.25) is 0 Å². The Labute approximate surface area is 138 Å². The number of benzene rings is 2. The normalized spacial score (nSPS) is 12.0. The fraction of sp³-hybridized carbons (Fsp3) is 0.368. The molecule has 0 aliphatic heterocycles. The van der Waals surface area contributed by atoms with E-state index in [1.54, 1.807) is 7.11 Å². The van der Waals surface area contributed by atoms with Crippen LogP contribution in [0.25, 0.3) is 0 Å². The molecule has 0 fully saturated rings. The molecule has 0 spiro atoms. The molecule has 2 aromatic rings. The molecule has 22 heavy (non-hydrogen) atoms. The molecule has 0 saturated heterocycles. The van der Waals surface area contributed by atoms with E-state index in [-0.39, 0.29) is 5.25 Å². The lowest BCUT2D eigenvalue weighted by atomic mass is 9.96. The summed E-state index contributed by atoms with van der Waals surface area (Å²) in [5.74, 6) is 1.83. The van der Waals surface area contributed by atoms with Gasteiger partial charge in [0.15, 0.2) is 0 Å². The topological polar surface area (TPSA) is 18.5 Å². The number of thiol groups is 1. The predicted molar refractivity (Wildman–Crippen MR) is 95.5 cm³/mol. The maximum atomic E-state index is 5.49. The molecule has 3 heteroatoms. The van der Waals surface area contributed by atoms with Gasteiger partial charge >= 0.3 is 0 Å². The van der Waals surface area contributed by atoms with Crippen LogP contribution in [0.2, 0.25) is 0 Å². The second kappa shape index (κ2) is 7.59. The smallest absolute Gasteiger partial charge is 0.123 e. The van der Waals surface area contributed by atoms with Crippen LogP contribution in [0.4, 0.5) is 0 Å². The Hall–Kier alpha value is -1.61. The molecule has 1 atom stereocenters. The Kier molecular flexibility index (Phi) is 5.78. The van der Waals surface area contributed by atoms with Crippen molar-refractivity contribution in [2.24, 2.45) is 0 Å². The number of methoxy groups -OCH3 is 1. The molecule has 0 saturated carbocycles. The van der Waals surface area contributed by atoms with Crippen molar-refractivity contribution in [3.63, 3.8) is 0 Å². The van der Waals surface area contributed by atoms with E-state index < -0.39 is 0 Å². The molecule has 1 unspecified atom stereocenters. The fourth-order valence-electron chi connectivity index (χ4n) is 2.53. The minimum atomic E-state index is 0.148. The maximum Gasteiger partial charge on any atom is 0.123 e. The number of aryl methyl sites for hydroxylation is 1. The lowest BCUT2D eigenvalue weighted by Crippen LogP contribution is -1.99. The van der Waals surface area contributed by atoms with Crippen LogP contribution in [-0.4, -0.2) is 13.7 Å². The summed E-state index contributed by atoms with van der Waals surface area (Å²) in [6.45, 7) is 6.88. The van der Waals surface area contributed by atoms with Crippen molar-refractivity contribution in [1.29, 1.82) is 0 Å². The SMILES string of the molecule is CCOc1ccc(Cc2cc(C(C)S)c(OC)cc2C)cc1. The molecule has 0 amide bonds. The van der Waals surface area contributed by atoms with Gasteiger partial charge in [0.05, 0.1) is 13.7 Å². The van der Waals surface area contributed by atoms with Crippen molar-refractivity contribution < 1.29 is 9.47 Å². The van der Waals surface area contributed by atoms with Crippen molar-refractivity contribution in [2.45, 2.75) is 32.4 Å². The molecule has 118 valence electrons. The lowest BCUT2D eigenvalue weighted by Gasteiger charge is -2.16. The van der Waals surface area contributed by atoms with Gasteiger partial charge in [0.25, 0.3) is 0 Å². The third-order valence-corrected chi connectivity index (χ3v) is 4.05. The minimum absolute atomic E-state index is 0.148. The zero-order valence-corrected chi connectivity index (χ0v) is 14.6. The second-order valence-electron chi connectivity index (χ2n) is 5.45. The summed E-state index contributed by atoms with van der Waals surface area (Å²) in [4.78, 5) is 0. The molecule has 0 radical (unpaired) electrons. The van der Waals surface area contributed by atoms with E-state index in [1.807, 2.05) is 19.1 Å². The van der Waals surface area contributed by atoms with E-state index >= 15 is 0 Å². The van der Waals surface area contributed by atoms with Crippen LogP contribution in [-0.2, 0) is 6.42 Å². The Morgan fingerprint density at radius 3 is 2.36 bits per heavy atom. The Bertz CT molecular complexity index is 618. The molecule has 0 bridgehead atoms. The summed E-state index contributed by atoms with van der Waals surface area (Å²) in [6, 6.07) is 12.6. The highest BCUT2D eigenvalue weighted by Gasteiger charge is 2.12. The Morgan fingerprint density at radius 2 is 1.82 bits per heavy atom. The zero-order chi connectivity index (χ0) is 16.1. The van der Waals surface area contributed by atoms with E-state index in [4.69, 9.17) is 9.47 Å². The van der Waals surface area contributed by atoms with E-state index in [2.05, 4.69) is 50.7 Å². The summed E-state index contributed by atoms with van der Waals surface area (Å²) in [6.07, 6.45) is 0.899. The van der Waals surface area contributed by atoms with Crippen LogP contribution in [0.5, 0.6) is 11.5 Å². The molecule has 2 nitrogen and oxygen atoms in total. The highest BCUT2D eigenvalue weighted by Crippen LogP contribution is 2.32. The number of ether oxygens (including phenoxy) is 2. The molecule has 2 aromatic carbocycles. The van der Waals surface area contributed by atoms with Crippen molar-refractivity contribution in [2.75, 3.05) is 13.7 Å². The molecule has 0 N–H and O–H groups in total. The van der Waals surface area contributed by atoms with Crippen molar-refractivity contribution in [1.82, 2.24) is 0 Å². The first-order valence-corrected chi connectivity index (χ1v) is 8.14. The monoisotopic (exact) mass is 316 g/mol. The maximum absolute atomic E-state index is 5.49. The van der Waals surface area contributed by atoms with Gasteiger partial charge in [-0.2, -0.15) is 12.6 Å². The zero-order valence-electron chi connectivity index (χ0n) is 13.7. The van der Waals surface area contributed by atoms with E-state index in [0.717, 1.165) is 23.5 Å².